The fourth-order valence-electron chi connectivity index (χ4n) is 3.77. The Hall–Kier alpha value is -3.80. The minimum Gasteiger partial charge on any atom is -0.449 e. The summed E-state index contributed by atoms with van der Waals surface area (Å²) in [5, 5.41) is 2.56. The van der Waals surface area contributed by atoms with Crippen molar-refractivity contribution < 1.29 is 23.1 Å². The molecule has 0 bridgehead atoms. The van der Waals surface area contributed by atoms with E-state index in [-0.39, 0.29) is 36.5 Å². The fraction of sp³-hybridized carbons (Fsp3) is 0.120. The van der Waals surface area contributed by atoms with E-state index in [2.05, 4.69) is 17.4 Å². The lowest BCUT2D eigenvalue weighted by molar-refractivity contribution is 0.111. The Labute approximate surface area is 178 Å². The number of carbonyl (C=O) groups excluding carboxylic acids is 2. The van der Waals surface area contributed by atoms with E-state index < -0.39 is 17.7 Å². The molecule has 4 rings (SSSR count). The molecule has 6 heteroatoms. The Bertz CT molecular complexity index is 1130. The van der Waals surface area contributed by atoms with Crippen molar-refractivity contribution in [3.05, 3.63) is 101 Å². The van der Waals surface area contributed by atoms with Gasteiger partial charge in [-0.15, -0.1) is 0 Å². The van der Waals surface area contributed by atoms with Crippen LogP contribution in [0.15, 0.2) is 66.7 Å². The van der Waals surface area contributed by atoms with Gasteiger partial charge >= 0.3 is 6.09 Å². The van der Waals surface area contributed by atoms with E-state index in [9.17, 15) is 18.4 Å². The maximum absolute atomic E-state index is 13.9. The average molecular weight is 419 g/mol. The van der Waals surface area contributed by atoms with Crippen LogP contribution in [0.2, 0.25) is 0 Å². The van der Waals surface area contributed by atoms with Crippen molar-refractivity contribution in [1.82, 2.24) is 5.32 Å². The zero-order chi connectivity index (χ0) is 21.8. The zero-order valence-electron chi connectivity index (χ0n) is 16.5. The van der Waals surface area contributed by atoms with Crippen molar-refractivity contribution in [2.45, 2.75) is 5.92 Å². The lowest BCUT2D eigenvalue weighted by Crippen LogP contribution is -2.26. The van der Waals surface area contributed by atoms with E-state index >= 15 is 0 Å². The minimum absolute atomic E-state index is 0.0163. The van der Waals surface area contributed by atoms with Gasteiger partial charge in [0.05, 0.1) is 5.56 Å². The van der Waals surface area contributed by atoms with Crippen LogP contribution in [0.1, 0.15) is 33.0 Å². The molecule has 1 aliphatic rings. The highest BCUT2D eigenvalue weighted by atomic mass is 19.1. The molecule has 1 N–H and O–H groups in total. The molecule has 1 amide bonds. The Morgan fingerprint density at radius 3 is 2.16 bits per heavy atom. The molecule has 0 fully saturated rings. The summed E-state index contributed by atoms with van der Waals surface area (Å²) in [4.78, 5) is 22.7. The molecule has 3 aromatic rings. The first-order chi connectivity index (χ1) is 15.1. The largest absolute Gasteiger partial charge is 0.449 e. The predicted octanol–water partition coefficient (Wildman–Crippen LogP) is 5.33. The molecule has 1 aliphatic carbocycles. The van der Waals surface area contributed by atoms with Gasteiger partial charge in [-0.3, -0.25) is 4.79 Å². The van der Waals surface area contributed by atoms with Crippen molar-refractivity contribution >= 4 is 18.5 Å². The highest BCUT2D eigenvalue weighted by Crippen LogP contribution is 2.44. The van der Waals surface area contributed by atoms with Gasteiger partial charge in [0.1, 0.15) is 18.2 Å². The molecule has 0 unspecified atom stereocenters. The first kappa shape index (κ1) is 20.5. The first-order valence-corrected chi connectivity index (χ1v) is 9.78. The van der Waals surface area contributed by atoms with Gasteiger partial charge in [-0.1, -0.05) is 60.7 Å². The van der Waals surface area contributed by atoms with E-state index in [0.29, 0.717) is 0 Å². The van der Waals surface area contributed by atoms with Crippen molar-refractivity contribution in [2.75, 3.05) is 13.2 Å². The third kappa shape index (κ3) is 4.23. The molecule has 0 aromatic heterocycles. The molecule has 0 atom stereocenters. The standard InChI is InChI=1S/C25H19F2NO3/c26-23-13-17(14-29)24(27)12-16(23)6-5-11-28-25(30)31-15-22-20-9-3-1-7-18(20)19-8-2-4-10-21(19)22/h1-10,12-14,22H,11,15H2,(H,28,30). The number of hydrogen-bond acceptors (Lipinski definition) is 3. The Kier molecular flexibility index (Phi) is 5.89. The zero-order valence-corrected chi connectivity index (χ0v) is 16.5. The van der Waals surface area contributed by atoms with Crippen LogP contribution in [0.5, 0.6) is 0 Å². The molecule has 0 saturated heterocycles. The summed E-state index contributed by atoms with van der Waals surface area (Å²) in [6.07, 6.45) is 2.45. The first-order valence-electron chi connectivity index (χ1n) is 9.78. The molecule has 156 valence electrons. The van der Waals surface area contributed by atoms with Crippen LogP contribution in [0.25, 0.3) is 17.2 Å². The molecule has 4 nitrogen and oxygen atoms in total. The summed E-state index contributed by atoms with van der Waals surface area (Å²) < 4.78 is 32.9. The highest BCUT2D eigenvalue weighted by Gasteiger charge is 2.28. The van der Waals surface area contributed by atoms with Gasteiger partial charge in [0.2, 0.25) is 0 Å². The molecular weight excluding hydrogens is 400 g/mol. The monoisotopic (exact) mass is 419 g/mol. The van der Waals surface area contributed by atoms with E-state index in [1.807, 2.05) is 36.4 Å². The molecule has 0 aliphatic heterocycles. The second-order valence-corrected chi connectivity index (χ2v) is 7.12. The summed E-state index contributed by atoms with van der Waals surface area (Å²) in [6, 6.07) is 17.9. The second-order valence-electron chi connectivity index (χ2n) is 7.12. The van der Waals surface area contributed by atoms with E-state index in [4.69, 9.17) is 4.74 Å². The third-order valence-corrected chi connectivity index (χ3v) is 5.25. The smallest absolute Gasteiger partial charge is 0.407 e. The van der Waals surface area contributed by atoms with Crippen LogP contribution in [0.3, 0.4) is 0 Å². The number of aldehydes is 1. The third-order valence-electron chi connectivity index (χ3n) is 5.25. The number of halogens is 2. The lowest BCUT2D eigenvalue weighted by atomic mass is 9.98. The van der Waals surface area contributed by atoms with E-state index in [1.54, 1.807) is 0 Å². The van der Waals surface area contributed by atoms with Gasteiger partial charge in [-0.25, -0.2) is 13.6 Å². The maximum Gasteiger partial charge on any atom is 0.407 e. The highest BCUT2D eigenvalue weighted by molar-refractivity contribution is 5.79. The van der Waals surface area contributed by atoms with Crippen molar-refractivity contribution in [1.29, 1.82) is 0 Å². The summed E-state index contributed by atoms with van der Waals surface area (Å²) >= 11 is 0. The number of benzene rings is 3. The predicted molar refractivity (Wildman–Crippen MR) is 114 cm³/mol. The van der Waals surface area contributed by atoms with Crippen molar-refractivity contribution in [2.24, 2.45) is 0 Å². The molecule has 3 aromatic carbocycles. The van der Waals surface area contributed by atoms with E-state index in [0.717, 1.165) is 34.4 Å². The number of hydrogen-bond donors (Lipinski definition) is 1. The number of ether oxygens (including phenoxy) is 1. The number of rotatable bonds is 6. The molecule has 31 heavy (non-hydrogen) atoms. The summed E-state index contributed by atoms with van der Waals surface area (Å²) in [5.74, 6) is -1.57. The maximum atomic E-state index is 13.9. The Balaban J connectivity index is 1.34. The fourth-order valence-corrected chi connectivity index (χ4v) is 3.77. The average Bonchev–Trinajstić information content (AvgIpc) is 3.11. The SMILES string of the molecule is O=Cc1cc(F)c(C=CCNC(=O)OCC2c3ccccc3-c3ccccc32)cc1F. The van der Waals surface area contributed by atoms with Crippen molar-refractivity contribution in [3.8, 4) is 11.1 Å². The van der Waals surface area contributed by atoms with E-state index in [1.165, 1.54) is 12.2 Å². The molecule has 0 spiro atoms. The molecule has 0 radical (unpaired) electrons. The van der Waals surface area contributed by atoms with Gasteiger partial charge in [0, 0.05) is 18.0 Å². The Morgan fingerprint density at radius 2 is 1.52 bits per heavy atom. The van der Waals surface area contributed by atoms with Crippen molar-refractivity contribution in [3.63, 3.8) is 0 Å². The lowest BCUT2D eigenvalue weighted by Gasteiger charge is -2.14. The normalized spacial score (nSPS) is 12.5. The van der Waals surface area contributed by atoms with Gasteiger partial charge < -0.3 is 10.1 Å². The summed E-state index contributed by atoms with van der Waals surface area (Å²) in [6.45, 7) is 0.268. The van der Waals surface area contributed by atoms with Gasteiger partial charge in [0.15, 0.2) is 6.29 Å². The topological polar surface area (TPSA) is 55.4 Å². The van der Waals surface area contributed by atoms with Gasteiger partial charge in [-0.2, -0.15) is 0 Å². The van der Waals surface area contributed by atoms with Crippen LogP contribution in [-0.2, 0) is 4.74 Å². The minimum atomic E-state index is -0.805. The van der Waals surface area contributed by atoms with Crippen LogP contribution in [0.4, 0.5) is 13.6 Å². The number of fused-ring (bicyclic) bond motifs is 3. The van der Waals surface area contributed by atoms with Crippen LogP contribution >= 0.6 is 0 Å². The summed E-state index contributed by atoms with van der Waals surface area (Å²) in [5.41, 5.74) is 4.17. The molecule has 0 heterocycles. The van der Waals surface area contributed by atoms with Crippen LogP contribution < -0.4 is 5.32 Å². The van der Waals surface area contributed by atoms with Crippen LogP contribution in [-0.4, -0.2) is 25.5 Å². The number of carbonyl (C=O) groups is 2. The number of alkyl carbamates (subject to hydrolysis) is 1. The van der Waals surface area contributed by atoms with Gasteiger partial charge in [-0.05, 0) is 34.4 Å². The van der Waals surface area contributed by atoms with Gasteiger partial charge in [0.25, 0.3) is 0 Å². The number of nitrogens with one attached hydrogen (secondary N) is 1. The Morgan fingerprint density at radius 1 is 0.935 bits per heavy atom. The quantitative estimate of drug-likeness (QED) is 0.550. The number of amides is 1. The summed E-state index contributed by atoms with van der Waals surface area (Å²) in [7, 11) is 0. The second kappa shape index (κ2) is 8.92. The molecule has 0 saturated carbocycles. The van der Waals surface area contributed by atoms with Crippen LogP contribution in [0, 0.1) is 11.6 Å². The molecular formula is C25H19F2NO3.